The van der Waals surface area contributed by atoms with Crippen LogP contribution in [0.2, 0.25) is 5.02 Å². The molecule has 4 fully saturated rings. The number of allylic oxidation sites excluding steroid dienone is 1. The SMILES string of the molecule is C#C.C=N.CC.CC.CC(=O)CC(C)(C)C(=O)O.CC(C)C1=C2C3CCC4C(C)(CC[C@H]5C(C)(C)C(C)CCC45C)C3CCC2([C@H](O)CN(CCN(C)C)Cc2ccccc2Cl)CC1=O. The van der Waals surface area contributed by atoms with E-state index in [0.717, 1.165) is 59.8 Å². The van der Waals surface area contributed by atoms with Crippen LogP contribution in [-0.4, -0.2) is 84.1 Å². The van der Waals surface area contributed by atoms with Gasteiger partial charge in [-0.05, 0) is 162 Å². The summed E-state index contributed by atoms with van der Waals surface area (Å²) in [4.78, 5) is 39.6. The zero-order chi connectivity index (χ0) is 50.5. The van der Waals surface area contributed by atoms with Crippen LogP contribution in [0.25, 0.3) is 0 Å². The van der Waals surface area contributed by atoms with Crippen molar-refractivity contribution in [3.8, 4) is 12.8 Å². The number of hydrogen-bond donors (Lipinski definition) is 3. The number of terminal acetylenes is 1. The van der Waals surface area contributed by atoms with E-state index in [-0.39, 0.29) is 18.1 Å². The summed E-state index contributed by atoms with van der Waals surface area (Å²) < 4.78 is 0. The number of carboxylic acid groups (broad SMARTS) is 1. The van der Waals surface area contributed by atoms with Gasteiger partial charge in [0.05, 0.1) is 11.5 Å². The fourth-order valence-corrected chi connectivity index (χ4v) is 13.7. The molecule has 1 aromatic rings. The van der Waals surface area contributed by atoms with Crippen molar-refractivity contribution < 1.29 is 24.6 Å². The number of benzene rings is 1. The maximum Gasteiger partial charge on any atom is 0.309 e. The number of fused-ring (bicyclic) bond motifs is 7. The summed E-state index contributed by atoms with van der Waals surface area (Å²) in [6.07, 6.45) is 17.9. The van der Waals surface area contributed by atoms with Crippen LogP contribution in [0.15, 0.2) is 35.4 Å². The Morgan fingerprint density at radius 1 is 0.908 bits per heavy atom. The van der Waals surface area contributed by atoms with Crippen LogP contribution in [0.3, 0.4) is 0 Å². The van der Waals surface area contributed by atoms with Crippen molar-refractivity contribution in [3.63, 3.8) is 0 Å². The summed E-state index contributed by atoms with van der Waals surface area (Å²) in [6.45, 7) is 35.4. The van der Waals surface area contributed by atoms with Crippen LogP contribution in [0.4, 0.5) is 0 Å². The van der Waals surface area contributed by atoms with Crippen LogP contribution < -0.4 is 0 Å². The van der Waals surface area contributed by atoms with Gasteiger partial charge in [-0.1, -0.05) is 112 Å². The van der Waals surface area contributed by atoms with Gasteiger partial charge in [0.1, 0.15) is 5.78 Å². The predicted octanol–water partition coefficient (Wildman–Crippen LogP) is 12.9. The van der Waals surface area contributed by atoms with Crippen LogP contribution in [0.1, 0.15) is 167 Å². The average molecular weight is 925 g/mol. The van der Waals surface area contributed by atoms with Gasteiger partial charge in [0.25, 0.3) is 0 Å². The Labute approximate surface area is 403 Å². The molecule has 9 atom stereocenters. The van der Waals surface area contributed by atoms with Gasteiger partial charge in [-0.2, -0.15) is 0 Å². The van der Waals surface area contributed by atoms with E-state index < -0.39 is 22.9 Å². The number of hydrogen-bond acceptors (Lipinski definition) is 7. The summed E-state index contributed by atoms with van der Waals surface area (Å²) in [6, 6.07) is 8.09. The number of nitrogens with zero attached hydrogens (tertiary/aromatic N) is 2. The van der Waals surface area contributed by atoms with E-state index in [1.54, 1.807) is 0 Å². The zero-order valence-electron chi connectivity index (χ0n) is 44.0. The molecule has 1 aromatic carbocycles. The number of rotatable bonds is 12. The first-order valence-electron chi connectivity index (χ1n) is 24.9. The molecule has 5 aliphatic carbocycles. The largest absolute Gasteiger partial charge is 0.481 e. The van der Waals surface area contributed by atoms with Crippen molar-refractivity contribution in [2.75, 3.05) is 33.7 Å². The molecule has 370 valence electrons. The van der Waals surface area contributed by atoms with Crippen LogP contribution >= 0.6 is 11.6 Å². The average Bonchev–Trinajstić information content (AvgIpc) is 3.58. The van der Waals surface area contributed by atoms with Crippen molar-refractivity contribution >= 4 is 35.9 Å². The quantitative estimate of drug-likeness (QED) is 0.141. The fourth-order valence-electron chi connectivity index (χ4n) is 13.5. The lowest BCUT2D eigenvalue weighted by Gasteiger charge is -2.69. The first kappa shape index (κ1) is 60.2. The molecule has 4 saturated carbocycles. The Morgan fingerprint density at radius 3 is 1.98 bits per heavy atom. The number of aliphatic hydroxyl groups is 1. The van der Waals surface area contributed by atoms with Gasteiger partial charge in [0.15, 0.2) is 5.78 Å². The summed E-state index contributed by atoms with van der Waals surface area (Å²) in [5.74, 6) is 2.83. The van der Waals surface area contributed by atoms with E-state index in [2.05, 4.69) is 98.0 Å². The second-order valence-corrected chi connectivity index (χ2v) is 22.1. The molecule has 8 nitrogen and oxygen atoms in total. The lowest BCUT2D eigenvalue weighted by Crippen LogP contribution is -2.62. The normalized spacial score (nSPS) is 30.0. The van der Waals surface area contributed by atoms with Crippen molar-refractivity contribution in [1.82, 2.24) is 9.80 Å². The summed E-state index contributed by atoms with van der Waals surface area (Å²) in [5.41, 5.74) is 3.31. The number of Topliss-reactive ketones (excluding diaryl/α,β-unsaturated/α-hetero) is 2. The third-order valence-corrected chi connectivity index (χ3v) is 17.1. The van der Waals surface area contributed by atoms with E-state index in [4.69, 9.17) is 22.1 Å². The van der Waals surface area contributed by atoms with Gasteiger partial charge in [-0.25, -0.2) is 0 Å². The second-order valence-electron chi connectivity index (χ2n) is 21.7. The van der Waals surface area contributed by atoms with Gasteiger partial charge >= 0.3 is 5.97 Å². The Morgan fingerprint density at radius 2 is 1.48 bits per heavy atom. The predicted molar refractivity (Wildman–Crippen MR) is 274 cm³/mol. The molecule has 0 heterocycles. The minimum Gasteiger partial charge on any atom is -0.481 e. The number of likely N-dealkylation sites (N-methyl/N-ethyl adjacent to an activating group) is 1. The highest BCUT2D eigenvalue weighted by atomic mass is 35.5. The molecule has 0 saturated heterocycles. The highest BCUT2D eigenvalue weighted by Gasteiger charge is 2.66. The minimum absolute atomic E-state index is 0.0904. The van der Waals surface area contributed by atoms with E-state index in [1.165, 1.54) is 64.9 Å². The van der Waals surface area contributed by atoms with Crippen molar-refractivity contribution in [2.45, 2.75) is 174 Å². The number of nitrogens with one attached hydrogen (secondary N) is 1. The van der Waals surface area contributed by atoms with Crippen LogP contribution in [0.5, 0.6) is 0 Å². The smallest absolute Gasteiger partial charge is 0.309 e. The third kappa shape index (κ3) is 13.0. The molecule has 65 heavy (non-hydrogen) atoms. The van der Waals surface area contributed by atoms with Crippen LogP contribution in [-0.2, 0) is 20.9 Å². The summed E-state index contributed by atoms with van der Waals surface area (Å²) >= 11 is 6.65. The monoisotopic (exact) mass is 924 g/mol. The number of halogens is 1. The molecule has 0 aromatic heterocycles. The van der Waals surface area contributed by atoms with E-state index >= 15 is 0 Å². The molecule has 3 N–H and O–H groups in total. The molecule has 0 radical (unpaired) electrons. The molecule has 6 rings (SSSR count). The Kier molecular flexibility index (Phi) is 23.6. The topological polar surface area (TPSA) is 122 Å². The molecule has 9 heteroatoms. The van der Waals surface area contributed by atoms with Crippen LogP contribution in [0, 0.1) is 80.8 Å². The molecule has 0 amide bonds. The van der Waals surface area contributed by atoms with Gasteiger partial charge in [-0.3, -0.25) is 19.3 Å². The lowest BCUT2D eigenvalue weighted by atomic mass is 9.36. The second kappa shape index (κ2) is 25.5. The number of ketones is 2. The fraction of sp³-hybridized carbons (Fsp3) is 0.750. The van der Waals surface area contributed by atoms with E-state index in [1.807, 2.05) is 45.9 Å². The molecule has 0 aliphatic heterocycles. The number of carboxylic acids is 1. The number of carbonyl (C=O) groups is 3. The van der Waals surface area contributed by atoms with Crippen molar-refractivity contribution in [3.05, 3.63) is 46.0 Å². The molecule has 0 spiro atoms. The lowest BCUT2D eigenvalue weighted by molar-refractivity contribution is -0.191. The van der Waals surface area contributed by atoms with E-state index in [9.17, 15) is 19.5 Å². The minimum atomic E-state index is -0.928. The molecule has 7 unspecified atom stereocenters. The van der Waals surface area contributed by atoms with Gasteiger partial charge in [-0.15, -0.1) is 12.8 Å². The maximum atomic E-state index is 14.1. The summed E-state index contributed by atoms with van der Waals surface area (Å²) in [7, 11) is 4.21. The van der Waals surface area contributed by atoms with Gasteiger partial charge < -0.3 is 20.5 Å². The zero-order valence-corrected chi connectivity index (χ0v) is 44.8. The number of aliphatic hydroxyl groups excluding tert-OH is 1. The molecule has 5 aliphatic rings. The molecular formula is C56H94ClN3O5. The highest BCUT2D eigenvalue weighted by molar-refractivity contribution is 6.31. The maximum absolute atomic E-state index is 14.1. The van der Waals surface area contributed by atoms with Gasteiger partial charge in [0.2, 0.25) is 0 Å². The number of aliphatic carboxylic acids is 1. The first-order chi connectivity index (χ1) is 30.4. The summed E-state index contributed by atoms with van der Waals surface area (Å²) in [5, 5.41) is 27.3. The molecule has 0 bridgehead atoms. The number of carbonyl (C=O) groups excluding carboxylic acids is 2. The van der Waals surface area contributed by atoms with Gasteiger partial charge in [0, 0.05) is 49.5 Å². The Bertz CT molecular complexity index is 1750. The Balaban J connectivity index is 0.00000101. The van der Waals surface area contributed by atoms with E-state index in [0.29, 0.717) is 53.4 Å². The third-order valence-electron chi connectivity index (χ3n) is 16.7. The first-order valence-corrected chi connectivity index (χ1v) is 25.3. The van der Waals surface area contributed by atoms with Crippen molar-refractivity contribution in [2.24, 2.45) is 62.6 Å². The Hall–Kier alpha value is -2.83. The standard InChI is InChI=1S/C42H65ClN2O2.C7H12O3.2C2H6.C2H2.CH3N/c1-27(2)37-33(46)24-42(36(47)26-45(23-22-44(8)9)25-29-12-10-11-13-32(29)43)21-17-31-30(38(37)42)14-15-35-40(31,6)20-18-34-39(4,5)28(3)16-19-41(34,35)7;1-5(8)4-7(2,3)6(9)10;4*1-2/h10-13,27-28,30-31,34-36,47H,14-26H2,1-9H3;4H2,1-3H3,(H,9,10);2*1-2H3;1-2H;2H,1H2/t28?,30?,31?,34-,35?,36+,40?,41?,42?;;;;;/m0...../s1. The highest BCUT2D eigenvalue weighted by Crippen LogP contribution is 2.73. The van der Waals surface area contributed by atoms with Crippen molar-refractivity contribution in [1.29, 1.82) is 5.41 Å². The molecular weight excluding hydrogens is 830 g/mol.